The lowest BCUT2D eigenvalue weighted by molar-refractivity contribution is 0.458. The molecule has 6 heteroatoms. The average molecular weight is 233 g/mol. The van der Waals surface area contributed by atoms with Crippen molar-refractivity contribution in [2.24, 2.45) is 0 Å². The maximum atomic E-state index is 5.52. The van der Waals surface area contributed by atoms with E-state index in [1.165, 1.54) is 0 Å². The van der Waals surface area contributed by atoms with Crippen LogP contribution in [0.15, 0.2) is 24.8 Å². The van der Waals surface area contributed by atoms with E-state index < -0.39 is 0 Å². The number of hydrogen-bond donors (Lipinski definition) is 1. The van der Waals surface area contributed by atoms with E-state index in [0.717, 1.165) is 12.2 Å². The summed E-state index contributed by atoms with van der Waals surface area (Å²) in [5, 5.41) is 7.12. The molecule has 0 bridgehead atoms. The van der Waals surface area contributed by atoms with Crippen molar-refractivity contribution in [2.75, 3.05) is 7.05 Å². The number of aryl methyl sites for hydroxylation is 1. The first-order valence-electron chi connectivity index (χ1n) is 5.47. The highest BCUT2D eigenvalue weighted by Crippen LogP contribution is 2.17. The van der Waals surface area contributed by atoms with Crippen LogP contribution in [0.25, 0.3) is 0 Å². The fraction of sp³-hybridized carbons (Fsp3) is 0.364. The fourth-order valence-electron chi connectivity index (χ4n) is 1.36. The maximum absolute atomic E-state index is 5.52. The highest BCUT2D eigenvalue weighted by molar-refractivity contribution is 5.19. The first-order valence-corrected chi connectivity index (χ1v) is 5.47. The van der Waals surface area contributed by atoms with E-state index in [0.29, 0.717) is 18.2 Å². The second kappa shape index (κ2) is 5.40. The minimum Gasteiger partial charge on any atom is -0.434 e. The van der Waals surface area contributed by atoms with Crippen LogP contribution in [0, 0.1) is 0 Å². The zero-order chi connectivity index (χ0) is 12.1. The average Bonchev–Trinajstić information content (AvgIpc) is 2.80. The molecule has 6 nitrogen and oxygen atoms in total. The Morgan fingerprint density at radius 1 is 1.29 bits per heavy atom. The van der Waals surface area contributed by atoms with E-state index in [2.05, 4.69) is 20.4 Å². The monoisotopic (exact) mass is 233 g/mol. The minimum atomic E-state index is 0.473. The zero-order valence-electron chi connectivity index (χ0n) is 9.92. The number of rotatable bonds is 5. The molecule has 0 aliphatic rings. The molecule has 2 heterocycles. The van der Waals surface area contributed by atoms with Gasteiger partial charge in [0.25, 0.3) is 0 Å². The smallest absolute Gasteiger partial charge is 0.238 e. The predicted octanol–water partition coefficient (Wildman–Crippen LogP) is 1.20. The van der Waals surface area contributed by atoms with Crippen molar-refractivity contribution in [3.05, 3.63) is 30.5 Å². The standard InChI is InChI=1S/C11H15N5O/c1-3-16-8-10(6-15-16)17-11-7-13-9(4-12-2)5-14-11/h5-8,12H,3-4H2,1-2H3. The van der Waals surface area contributed by atoms with Gasteiger partial charge in [0.05, 0.1) is 30.5 Å². The second-order valence-corrected chi connectivity index (χ2v) is 3.51. The molecule has 0 atom stereocenters. The summed E-state index contributed by atoms with van der Waals surface area (Å²) in [7, 11) is 1.87. The molecule has 0 fully saturated rings. The Hall–Kier alpha value is -1.95. The van der Waals surface area contributed by atoms with E-state index in [-0.39, 0.29) is 0 Å². The molecule has 2 aromatic heterocycles. The van der Waals surface area contributed by atoms with Crippen molar-refractivity contribution < 1.29 is 4.74 Å². The summed E-state index contributed by atoms with van der Waals surface area (Å²) in [6.07, 6.45) is 6.78. The van der Waals surface area contributed by atoms with Gasteiger partial charge in [-0.15, -0.1) is 0 Å². The van der Waals surface area contributed by atoms with Gasteiger partial charge in [-0.1, -0.05) is 0 Å². The van der Waals surface area contributed by atoms with Gasteiger partial charge in [-0.25, -0.2) is 4.98 Å². The second-order valence-electron chi connectivity index (χ2n) is 3.51. The van der Waals surface area contributed by atoms with Gasteiger partial charge in [0.15, 0.2) is 5.75 Å². The van der Waals surface area contributed by atoms with Gasteiger partial charge in [0, 0.05) is 13.1 Å². The molecular weight excluding hydrogens is 218 g/mol. The van der Waals surface area contributed by atoms with Crippen molar-refractivity contribution in [3.63, 3.8) is 0 Å². The SMILES string of the molecule is CCn1cc(Oc2cnc(CNC)cn2)cn1. The predicted molar refractivity (Wildman–Crippen MR) is 62.8 cm³/mol. The minimum absolute atomic E-state index is 0.473. The van der Waals surface area contributed by atoms with Crippen molar-refractivity contribution in [3.8, 4) is 11.6 Å². The number of nitrogens with one attached hydrogen (secondary N) is 1. The van der Waals surface area contributed by atoms with Crippen LogP contribution in [-0.4, -0.2) is 26.8 Å². The van der Waals surface area contributed by atoms with Crippen LogP contribution >= 0.6 is 0 Å². The third-order valence-corrected chi connectivity index (χ3v) is 2.20. The lowest BCUT2D eigenvalue weighted by Gasteiger charge is -2.02. The Morgan fingerprint density at radius 3 is 2.76 bits per heavy atom. The molecule has 0 radical (unpaired) electrons. The quantitative estimate of drug-likeness (QED) is 0.840. The Labute approximate surface area is 99.7 Å². The van der Waals surface area contributed by atoms with Crippen LogP contribution in [0.1, 0.15) is 12.6 Å². The third-order valence-electron chi connectivity index (χ3n) is 2.20. The Bertz CT molecular complexity index is 465. The van der Waals surface area contributed by atoms with Gasteiger partial charge in [-0.3, -0.25) is 9.67 Å². The van der Waals surface area contributed by atoms with Crippen molar-refractivity contribution >= 4 is 0 Å². The molecule has 0 aromatic carbocycles. The van der Waals surface area contributed by atoms with Gasteiger partial charge in [0.2, 0.25) is 5.88 Å². The lowest BCUT2D eigenvalue weighted by atomic mass is 10.4. The fourth-order valence-corrected chi connectivity index (χ4v) is 1.36. The zero-order valence-corrected chi connectivity index (χ0v) is 9.92. The molecule has 0 unspecified atom stereocenters. The molecule has 0 amide bonds. The number of ether oxygens (including phenoxy) is 1. The van der Waals surface area contributed by atoms with Crippen LogP contribution in [0.3, 0.4) is 0 Å². The van der Waals surface area contributed by atoms with Crippen molar-refractivity contribution in [2.45, 2.75) is 20.0 Å². The molecule has 90 valence electrons. The summed E-state index contributed by atoms with van der Waals surface area (Å²) in [5.74, 6) is 1.14. The van der Waals surface area contributed by atoms with Gasteiger partial charge in [-0.2, -0.15) is 5.10 Å². The van der Waals surface area contributed by atoms with Gasteiger partial charge >= 0.3 is 0 Å². The van der Waals surface area contributed by atoms with E-state index in [9.17, 15) is 0 Å². The van der Waals surface area contributed by atoms with E-state index in [1.54, 1.807) is 23.3 Å². The molecule has 0 saturated carbocycles. The van der Waals surface area contributed by atoms with Crippen LogP contribution in [-0.2, 0) is 13.1 Å². The Kier molecular flexibility index (Phi) is 3.66. The Morgan fingerprint density at radius 2 is 2.18 bits per heavy atom. The molecule has 17 heavy (non-hydrogen) atoms. The summed E-state index contributed by atoms with van der Waals surface area (Å²) in [4.78, 5) is 8.38. The largest absolute Gasteiger partial charge is 0.434 e. The molecule has 0 aliphatic heterocycles. The molecule has 0 spiro atoms. The first-order chi connectivity index (χ1) is 8.31. The van der Waals surface area contributed by atoms with Crippen LogP contribution < -0.4 is 10.1 Å². The Balaban J connectivity index is 2.03. The summed E-state index contributed by atoms with van der Waals surface area (Å²) in [5.41, 5.74) is 0.879. The molecule has 0 aliphatic carbocycles. The van der Waals surface area contributed by atoms with E-state index >= 15 is 0 Å². The van der Waals surface area contributed by atoms with Gasteiger partial charge in [0.1, 0.15) is 0 Å². The summed E-state index contributed by atoms with van der Waals surface area (Å²) >= 11 is 0. The molecular formula is C11H15N5O. The van der Waals surface area contributed by atoms with E-state index in [4.69, 9.17) is 4.74 Å². The van der Waals surface area contributed by atoms with Crippen LogP contribution in [0.2, 0.25) is 0 Å². The van der Waals surface area contributed by atoms with Gasteiger partial charge < -0.3 is 10.1 Å². The van der Waals surface area contributed by atoms with Crippen molar-refractivity contribution in [1.29, 1.82) is 0 Å². The first kappa shape index (κ1) is 11.5. The number of hydrogen-bond acceptors (Lipinski definition) is 5. The third kappa shape index (κ3) is 3.01. The highest BCUT2D eigenvalue weighted by atomic mass is 16.5. The molecule has 1 N–H and O–H groups in total. The highest BCUT2D eigenvalue weighted by Gasteiger charge is 2.02. The summed E-state index contributed by atoms with van der Waals surface area (Å²) in [6.45, 7) is 3.53. The normalized spacial score (nSPS) is 10.5. The van der Waals surface area contributed by atoms with Gasteiger partial charge in [-0.05, 0) is 14.0 Å². The topological polar surface area (TPSA) is 64.9 Å². The molecule has 2 aromatic rings. The summed E-state index contributed by atoms with van der Waals surface area (Å²) in [6, 6.07) is 0. The van der Waals surface area contributed by atoms with Crippen LogP contribution in [0.5, 0.6) is 11.6 Å². The lowest BCUT2D eigenvalue weighted by Crippen LogP contribution is -2.07. The molecule has 2 rings (SSSR count). The van der Waals surface area contributed by atoms with E-state index in [1.807, 2.05) is 20.2 Å². The van der Waals surface area contributed by atoms with Crippen molar-refractivity contribution in [1.82, 2.24) is 25.1 Å². The maximum Gasteiger partial charge on any atom is 0.238 e. The summed E-state index contributed by atoms with van der Waals surface area (Å²) < 4.78 is 7.31. The molecule has 0 saturated heterocycles. The number of nitrogens with zero attached hydrogens (tertiary/aromatic N) is 4. The van der Waals surface area contributed by atoms with Crippen LogP contribution in [0.4, 0.5) is 0 Å². The number of aromatic nitrogens is 4.